The number of hydrogen-bond acceptors (Lipinski definition) is 1. The highest BCUT2D eigenvalue weighted by Crippen LogP contribution is 2.28. The highest BCUT2D eigenvalue weighted by Gasteiger charge is 2.32. The number of carbonyl (C=O) groups is 1. The maximum Gasteiger partial charge on any atom is 0.243 e. The number of halogens is 2. The van der Waals surface area contributed by atoms with Gasteiger partial charge < -0.3 is 5.32 Å². The second-order valence-corrected chi connectivity index (χ2v) is 5.04. The van der Waals surface area contributed by atoms with Crippen LogP contribution in [0.15, 0.2) is 30.3 Å². The fourth-order valence-corrected chi connectivity index (χ4v) is 1.51. The minimum absolute atomic E-state index is 0.224. The third-order valence-electron chi connectivity index (χ3n) is 2.30. The zero-order valence-corrected chi connectivity index (χ0v) is 10.8. The standard InChI is InChI=1S/C12H15Cl2NO/c1-12(2,8-13)10(14)11(16)15-9-6-4-3-5-7-9/h3-7,10H,8H2,1-2H3,(H,15,16). The van der Waals surface area contributed by atoms with Gasteiger partial charge in [0.15, 0.2) is 0 Å². The molecule has 0 heterocycles. The maximum absolute atomic E-state index is 11.8. The molecule has 16 heavy (non-hydrogen) atoms. The second-order valence-electron chi connectivity index (χ2n) is 4.34. The predicted octanol–water partition coefficient (Wildman–Crippen LogP) is 3.50. The molecule has 0 aliphatic heterocycles. The van der Waals surface area contributed by atoms with E-state index in [0.717, 1.165) is 5.69 Å². The Morgan fingerprint density at radius 3 is 2.44 bits per heavy atom. The molecule has 0 radical (unpaired) electrons. The summed E-state index contributed by atoms with van der Waals surface area (Å²) < 4.78 is 0. The summed E-state index contributed by atoms with van der Waals surface area (Å²) in [5.74, 6) is 0.113. The van der Waals surface area contributed by atoms with Crippen molar-refractivity contribution in [1.29, 1.82) is 0 Å². The van der Waals surface area contributed by atoms with E-state index in [1.165, 1.54) is 0 Å². The van der Waals surface area contributed by atoms with Gasteiger partial charge in [0.05, 0.1) is 0 Å². The van der Waals surface area contributed by atoms with Crippen molar-refractivity contribution >= 4 is 34.8 Å². The molecule has 0 aromatic heterocycles. The first kappa shape index (κ1) is 13.3. The number of benzene rings is 1. The van der Waals surface area contributed by atoms with Crippen LogP contribution >= 0.6 is 23.2 Å². The van der Waals surface area contributed by atoms with Crippen LogP contribution in [0.1, 0.15) is 13.8 Å². The third-order valence-corrected chi connectivity index (χ3v) is 3.78. The number of hydrogen-bond donors (Lipinski definition) is 1. The molecule has 1 unspecified atom stereocenters. The van der Waals surface area contributed by atoms with Crippen molar-refractivity contribution in [3.8, 4) is 0 Å². The number of carbonyl (C=O) groups excluding carboxylic acids is 1. The van der Waals surface area contributed by atoms with Gasteiger partial charge in [-0.05, 0) is 12.1 Å². The summed E-state index contributed by atoms with van der Waals surface area (Å²) in [4.78, 5) is 11.8. The van der Waals surface area contributed by atoms with E-state index in [2.05, 4.69) is 5.32 Å². The third kappa shape index (κ3) is 3.39. The molecule has 0 aliphatic carbocycles. The highest BCUT2D eigenvalue weighted by atomic mass is 35.5. The van der Waals surface area contributed by atoms with Crippen LogP contribution in [0.5, 0.6) is 0 Å². The van der Waals surface area contributed by atoms with Crippen LogP contribution in [-0.4, -0.2) is 17.2 Å². The molecular formula is C12H15Cl2NO. The van der Waals surface area contributed by atoms with Crippen LogP contribution in [0.3, 0.4) is 0 Å². The SMILES string of the molecule is CC(C)(CCl)C(Cl)C(=O)Nc1ccccc1. The monoisotopic (exact) mass is 259 g/mol. The maximum atomic E-state index is 11.8. The number of nitrogens with one attached hydrogen (secondary N) is 1. The van der Waals surface area contributed by atoms with Gasteiger partial charge in [0.2, 0.25) is 5.91 Å². The molecule has 88 valence electrons. The highest BCUT2D eigenvalue weighted by molar-refractivity contribution is 6.33. The first-order valence-electron chi connectivity index (χ1n) is 5.03. The minimum Gasteiger partial charge on any atom is -0.325 e. The molecule has 0 bridgehead atoms. The molecule has 0 spiro atoms. The van der Waals surface area contributed by atoms with Crippen molar-refractivity contribution in [2.75, 3.05) is 11.2 Å². The van der Waals surface area contributed by atoms with E-state index < -0.39 is 10.8 Å². The summed E-state index contributed by atoms with van der Waals surface area (Å²) in [5.41, 5.74) is 0.311. The van der Waals surface area contributed by atoms with Gasteiger partial charge in [-0.15, -0.1) is 23.2 Å². The molecule has 1 atom stereocenters. The van der Waals surface area contributed by atoms with Crippen molar-refractivity contribution < 1.29 is 4.79 Å². The van der Waals surface area contributed by atoms with Gasteiger partial charge in [-0.2, -0.15) is 0 Å². The first-order chi connectivity index (χ1) is 7.47. The van der Waals surface area contributed by atoms with Gasteiger partial charge in [-0.3, -0.25) is 4.79 Å². The Kier molecular flexibility index (Phi) is 4.63. The molecule has 1 aromatic rings. The summed E-state index contributed by atoms with van der Waals surface area (Å²) in [6, 6.07) is 9.22. The molecule has 4 heteroatoms. The van der Waals surface area contributed by atoms with Gasteiger partial charge in [0, 0.05) is 17.0 Å². The Bertz CT molecular complexity index is 351. The lowest BCUT2D eigenvalue weighted by molar-refractivity contribution is -0.117. The van der Waals surface area contributed by atoms with E-state index >= 15 is 0 Å². The number of rotatable bonds is 4. The summed E-state index contributed by atoms with van der Waals surface area (Å²) in [5, 5.41) is 2.10. The number of alkyl halides is 2. The largest absolute Gasteiger partial charge is 0.325 e. The second kappa shape index (κ2) is 5.55. The summed E-state index contributed by atoms with van der Waals surface area (Å²) >= 11 is 11.8. The molecule has 1 rings (SSSR count). The molecule has 2 nitrogen and oxygen atoms in total. The molecule has 1 aromatic carbocycles. The van der Waals surface area contributed by atoms with E-state index in [4.69, 9.17) is 23.2 Å². The fourth-order valence-electron chi connectivity index (χ4n) is 1.15. The van der Waals surface area contributed by atoms with Crippen molar-refractivity contribution in [3.63, 3.8) is 0 Å². The first-order valence-corrected chi connectivity index (χ1v) is 6.00. The van der Waals surface area contributed by atoms with Crippen molar-refractivity contribution in [2.24, 2.45) is 5.41 Å². The summed E-state index contributed by atoms with van der Waals surface area (Å²) in [6.07, 6.45) is 0. The van der Waals surface area contributed by atoms with Crippen LogP contribution in [0.4, 0.5) is 5.69 Å². The van der Waals surface area contributed by atoms with E-state index in [1.54, 1.807) is 0 Å². The Morgan fingerprint density at radius 1 is 1.38 bits per heavy atom. The average Bonchev–Trinajstić information content (AvgIpc) is 2.29. The normalized spacial score (nSPS) is 13.2. The van der Waals surface area contributed by atoms with Gasteiger partial charge in [-0.25, -0.2) is 0 Å². The van der Waals surface area contributed by atoms with E-state index in [9.17, 15) is 4.79 Å². The Balaban J connectivity index is 2.66. The Morgan fingerprint density at radius 2 is 1.94 bits per heavy atom. The van der Waals surface area contributed by atoms with E-state index in [-0.39, 0.29) is 5.91 Å². The fraction of sp³-hybridized carbons (Fsp3) is 0.417. The van der Waals surface area contributed by atoms with Crippen LogP contribution in [-0.2, 0) is 4.79 Å². The molecule has 0 fully saturated rings. The molecule has 0 saturated carbocycles. The number of para-hydroxylation sites is 1. The predicted molar refractivity (Wildman–Crippen MR) is 69.2 cm³/mol. The lowest BCUT2D eigenvalue weighted by atomic mass is 9.91. The molecule has 0 aliphatic rings. The van der Waals surface area contributed by atoms with Crippen LogP contribution in [0.2, 0.25) is 0 Å². The molecular weight excluding hydrogens is 245 g/mol. The smallest absolute Gasteiger partial charge is 0.243 e. The molecule has 1 N–H and O–H groups in total. The Hall–Kier alpha value is -0.730. The summed E-state index contributed by atoms with van der Waals surface area (Å²) in [7, 11) is 0. The van der Waals surface area contributed by atoms with Crippen molar-refractivity contribution in [2.45, 2.75) is 19.2 Å². The van der Waals surface area contributed by atoms with E-state index in [1.807, 2.05) is 44.2 Å². The number of anilines is 1. The topological polar surface area (TPSA) is 29.1 Å². The molecule has 0 saturated heterocycles. The quantitative estimate of drug-likeness (QED) is 0.825. The van der Waals surface area contributed by atoms with Crippen molar-refractivity contribution in [1.82, 2.24) is 0 Å². The summed E-state index contributed by atoms with van der Waals surface area (Å²) in [6.45, 7) is 3.73. The van der Waals surface area contributed by atoms with Crippen molar-refractivity contribution in [3.05, 3.63) is 30.3 Å². The zero-order chi connectivity index (χ0) is 12.2. The number of amides is 1. The van der Waals surface area contributed by atoms with Gasteiger partial charge in [0.1, 0.15) is 5.38 Å². The minimum atomic E-state index is -0.648. The lowest BCUT2D eigenvalue weighted by Crippen LogP contribution is -2.37. The zero-order valence-electron chi connectivity index (χ0n) is 9.34. The van der Waals surface area contributed by atoms with E-state index in [0.29, 0.717) is 5.88 Å². The van der Waals surface area contributed by atoms with Crippen LogP contribution in [0.25, 0.3) is 0 Å². The lowest BCUT2D eigenvalue weighted by Gasteiger charge is -2.26. The average molecular weight is 260 g/mol. The van der Waals surface area contributed by atoms with Gasteiger partial charge in [0.25, 0.3) is 0 Å². The van der Waals surface area contributed by atoms with Gasteiger partial charge in [-0.1, -0.05) is 32.0 Å². The molecule has 1 amide bonds. The Labute approximate surface area is 106 Å². The van der Waals surface area contributed by atoms with Crippen LogP contribution < -0.4 is 5.32 Å². The van der Waals surface area contributed by atoms with Gasteiger partial charge >= 0.3 is 0 Å². The van der Waals surface area contributed by atoms with Crippen LogP contribution in [0, 0.1) is 5.41 Å².